The summed E-state index contributed by atoms with van der Waals surface area (Å²) in [6.07, 6.45) is 0. The smallest absolute Gasteiger partial charge is 0.204 e. The first-order valence-electron chi connectivity index (χ1n) is 13.1. The summed E-state index contributed by atoms with van der Waals surface area (Å²) in [5.74, 6) is 0. The van der Waals surface area contributed by atoms with Crippen LogP contribution >= 0.6 is 14.2 Å². The van der Waals surface area contributed by atoms with Crippen LogP contribution in [0.2, 0.25) is 0 Å². The van der Waals surface area contributed by atoms with E-state index in [1.807, 2.05) is 121 Å². The molecule has 4 nitrogen and oxygen atoms in total. The maximum absolute atomic E-state index is 14.7. The summed E-state index contributed by atoms with van der Waals surface area (Å²) in [5, 5.41) is 2.75. The van der Waals surface area contributed by atoms with Crippen LogP contribution in [0.5, 0.6) is 0 Å². The molecule has 5 rings (SSSR count). The van der Waals surface area contributed by atoms with Crippen LogP contribution in [0.25, 0.3) is 0 Å². The average Bonchev–Trinajstić information content (AvgIpc) is 2.94. The fourth-order valence-corrected chi connectivity index (χ4v) is 18.6. The number of benzene rings is 5. The zero-order valence-corrected chi connectivity index (χ0v) is 26.4. The second-order valence-electron chi connectivity index (χ2n) is 9.67. The molecule has 0 aromatic heterocycles. The Morgan fingerprint density at radius 2 is 0.659 bits per heavy atom. The Balaban J connectivity index is 1.77. The highest BCUT2D eigenvalue weighted by Crippen LogP contribution is 2.52. The molecule has 0 N–H and O–H groups in total. The zero-order chi connectivity index (χ0) is 29.2. The Labute approximate surface area is 245 Å². The van der Waals surface area contributed by atoms with Crippen LogP contribution < -0.4 is 21.2 Å². The van der Waals surface area contributed by atoms with E-state index in [9.17, 15) is 16.8 Å². The van der Waals surface area contributed by atoms with Crippen molar-refractivity contribution in [1.29, 1.82) is 0 Å². The Morgan fingerprint density at radius 1 is 0.415 bits per heavy atom. The molecule has 0 aliphatic rings. The van der Waals surface area contributed by atoms with Crippen molar-refractivity contribution in [2.75, 3.05) is 0 Å². The monoisotopic (exact) mass is 616 g/mol. The highest BCUT2D eigenvalue weighted by Gasteiger charge is 2.39. The quantitative estimate of drug-likeness (QED) is 0.193. The molecule has 0 spiro atoms. The molecule has 0 bridgehead atoms. The first-order valence-corrected chi connectivity index (χ1v) is 19.9. The van der Waals surface area contributed by atoms with Crippen molar-refractivity contribution in [3.05, 3.63) is 144 Å². The third kappa shape index (κ3) is 5.67. The molecule has 0 atom stereocenters. The van der Waals surface area contributed by atoms with Crippen molar-refractivity contribution in [1.82, 2.24) is 0 Å². The van der Waals surface area contributed by atoms with E-state index in [1.54, 1.807) is 26.8 Å². The van der Waals surface area contributed by atoms with Crippen LogP contribution in [0.3, 0.4) is 0 Å². The SMILES string of the molecule is Cc1cc(C)c(S(=O)(=O)P(c2ccccc2)c2ccccc2)c(C)c1S(=O)(=O)P(c1ccccc1)c1ccccc1. The average molecular weight is 617 g/mol. The molecule has 0 fully saturated rings. The van der Waals surface area contributed by atoms with E-state index in [1.165, 1.54) is 0 Å². The molecule has 0 radical (unpaired) electrons. The fraction of sp³-hybridized carbons (Fsp3) is 0.0909. The van der Waals surface area contributed by atoms with Crippen molar-refractivity contribution >= 4 is 54.4 Å². The molecule has 0 saturated carbocycles. The highest BCUT2D eigenvalue weighted by molar-refractivity contribution is 8.55. The molecule has 0 aliphatic heterocycles. The molecule has 41 heavy (non-hydrogen) atoms. The first kappa shape index (κ1) is 29.4. The Hall–Kier alpha value is -3.14. The van der Waals surface area contributed by atoms with E-state index in [0.29, 0.717) is 32.3 Å². The van der Waals surface area contributed by atoms with E-state index >= 15 is 0 Å². The van der Waals surface area contributed by atoms with Crippen LogP contribution in [0.1, 0.15) is 16.7 Å². The van der Waals surface area contributed by atoms with Crippen molar-refractivity contribution in [2.24, 2.45) is 0 Å². The molecule has 0 amide bonds. The summed E-state index contributed by atoms with van der Waals surface area (Å²) in [4.78, 5) is 0.188. The Kier molecular flexibility index (Phi) is 8.59. The van der Waals surface area contributed by atoms with Crippen molar-refractivity contribution in [2.45, 2.75) is 30.6 Å². The molecule has 5 aromatic rings. The Bertz CT molecular complexity index is 1660. The maximum Gasteiger partial charge on any atom is 0.204 e. The van der Waals surface area contributed by atoms with Gasteiger partial charge < -0.3 is 0 Å². The van der Waals surface area contributed by atoms with Gasteiger partial charge in [-0.2, -0.15) is 0 Å². The van der Waals surface area contributed by atoms with E-state index in [0.717, 1.165) is 0 Å². The molecule has 8 heteroatoms. The highest BCUT2D eigenvalue weighted by atomic mass is 32.8. The number of aryl methyl sites for hydroxylation is 2. The van der Waals surface area contributed by atoms with Gasteiger partial charge in [0.1, 0.15) is 0 Å². The predicted molar refractivity (Wildman–Crippen MR) is 173 cm³/mol. The first-order chi connectivity index (χ1) is 19.6. The molecule has 208 valence electrons. The Morgan fingerprint density at radius 3 is 0.902 bits per heavy atom. The van der Waals surface area contributed by atoms with Gasteiger partial charge in [0.25, 0.3) is 0 Å². The molecule has 5 aromatic carbocycles. The summed E-state index contributed by atoms with van der Waals surface area (Å²) >= 11 is 0. The number of hydrogen-bond donors (Lipinski definition) is 0. The lowest BCUT2D eigenvalue weighted by molar-refractivity contribution is 0.606. The van der Waals surface area contributed by atoms with Crippen LogP contribution in [0.15, 0.2) is 137 Å². The van der Waals surface area contributed by atoms with Gasteiger partial charge in [-0.15, -0.1) is 0 Å². The third-order valence-corrected chi connectivity index (χ3v) is 19.6. The number of hydrogen-bond acceptors (Lipinski definition) is 4. The minimum Gasteiger partial charge on any atom is -0.219 e. The number of rotatable bonds is 8. The second kappa shape index (κ2) is 12.0. The van der Waals surface area contributed by atoms with E-state index < -0.39 is 33.2 Å². The summed E-state index contributed by atoms with van der Waals surface area (Å²) in [6.45, 7) is 5.15. The lowest BCUT2D eigenvalue weighted by Crippen LogP contribution is -2.22. The van der Waals surface area contributed by atoms with Gasteiger partial charge in [0.05, 0.1) is 24.0 Å². The molecule has 0 unspecified atom stereocenters. The van der Waals surface area contributed by atoms with Gasteiger partial charge in [0, 0.05) is 0 Å². The van der Waals surface area contributed by atoms with E-state index in [-0.39, 0.29) is 15.4 Å². The molecule has 0 heterocycles. The zero-order valence-electron chi connectivity index (χ0n) is 23.0. The molecule has 0 saturated heterocycles. The van der Waals surface area contributed by atoms with Gasteiger partial charge in [0.2, 0.25) is 18.9 Å². The standard InChI is InChI=1S/C33H30O4P2S2/c1-25-24-26(2)33(41(36,37)39(30-20-12-6-13-21-30)31-22-14-7-15-23-31)27(3)32(25)40(34,35)38(28-16-8-4-9-17-28)29-18-10-5-11-19-29/h4-24H,1-3H3. The lowest BCUT2D eigenvalue weighted by atomic mass is 10.1. The van der Waals surface area contributed by atoms with Gasteiger partial charge in [0.15, 0.2) is 0 Å². The van der Waals surface area contributed by atoms with E-state index in [2.05, 4.69) is 0 Å². The molecule has 0 aliphatic carbocycles. The summed E-state index contributed by atoms with van der Waals surface area (Å²) in [6, 6.07) is 38.5. The third-order valence-electron chi connectivity index (χ3n) is 6.79. The summed E-state index contributed by atoms with van der Waals surface area (Å²) in [7, 11) is -11.8. The summed E-state index contributed by atoms with van der Waals surface area (Å²) < 4.78 is 58.9. The molecular formula is C33H30O4P2S2. The minimum atomic E-state index is -4.02. The molecular weight excluding hydrogens is 586 g/mol. The van der Waals surface area contributed by atoms with Gasteiger partial charge in [-0.1, -0.05) is 127 Å². The van der Waals surface area contributed by atoms with Crippen LogP contribution in [0.4, 0.5) is 0 Å². The van der Waals surface area contributed by atoms with Gasteiger partial charge in [-0.05, 0) is 58.7 Å². The van der Waals surface area contributed by atoms with Gasteiger partial charge in [-0.25, -0.2) is 16.8 Å². The largest absolute Gasteiger partial charge is 0.219 e. The topological polar surface area (TPSA) is 68.3 Å². The van der Waals surface area contributed by atoms with Crippen molar-refractivity contribution < 1.29 is 16.8 Å². The van der Waals surface area contributed by atoms with Crippen LogP contribution in [0, 0.1) is 20.8 Å². The lowest BCUT2D eigenvalue weighted by Gasteiger charge is -2.25. The maximum atomic E-state index is 14.7. The normalized spacial score (nSPS) is 12.1. The second-order valence-corrected chi connectivity index (χ2v) is 20.7. The fourth-order valence-electron chi connectivity index (χ4n) is 5.23. The minimum absolute atomic E-state index is 0.0940. The van der Waals surface area contributed by atoms with Crippen molar-refractivity contribution in [3.63, 3.8) is 0 Å². The van der Waals surface area contributed by atoms with Crippen molar-refractivity contribution in [3.8, 4) is 0 Å². The van der Waals surface area contributed by atoms with Gasteiger partial charge >= 0.3 is 0 Å². The summed E-state index contributed by atoms with van der Waals surface area (Å²) in [5.41, 5.74) is 1.37. The predicted octanol–water partition coefficient (Wildman–Crippen LogP) is 6.26. The van der Waals surface area contributed by atoms with Gasteiger partial charge in [-0.3, -0.25) is 0 Å². The van der Waals surface area contributed by atoms with Crippen LogP contribution in [-0.4, -0.2) is 16.8 Å². The van der Waals surface area contributed by atoms with Crippen LogP contribution in [-0.2, 0) is 18.9 Å². The van der Waals surface area contributed by atoms with E-state index in [4.69, 9.17) is 0 Å².